The van der Waals surface area contributed by atoms with E-state index in [0.717, 1.165) is 49.8 Å². The Balaban J connectivity index is 0.000000141. The molecule has 2 aromatic heterocycles. The molecule has 10 aromatic carbocycles. The summed E-state index contributed by atoms with van der Waals surface area (Å²) in [6.07, 6.45) is 0. The average molecular weight is 1090 g/mol. The fraction of sp³-hybridized carbons (Fsp3) is 0.0909. The molecule has 3 heterocycles. The standard InChI is InChI=1S/C30H28BNO2.C30H20N2O2.C6H4BrNO2/c1-29(2)30(3,4)34-31(33-29)23-17-18-28-26(20-23)25-15-8-9-16-27(25)32(28)24-14-10-13-22(19-24)21-11-6-5-7-12-21;33-32(34)30-16-7-4-13-25(30)23-17-18-29-27(20-23)26-14-5-6-15-28(26)31(29)24-12-8-11-22(19-24)21-9-2-1-3-10-21;7-5-3-1-2-4-6(5)8(9)10/h5-20H,1-4H3;1-20H;1-4H. The van der Waals surface area contributed by atoms with Crippen LogP contribution in [0.4, 0.5) is 11.4 Å². The van der Waals surface area contributed by atoms with E-state index in [1.807, 2.05) is 48.5 Å². The SMILES string of the molecule is CC1(C)OB(c2ccc3c(c2)c2ccccc2n3-c2cccc(-c3ccccc3)c2)OC1(C)C.O=[N+]([O-])c1ccccc1-c1ccc2c(c1)c1ccccc1n2-c1cccc(-c2ccccc2)c1.O=[N+]([O-])c1ccccc1Br. The van der Waals surface area contributed by atoms with E-state index in [1.54, 1.807) is 30.3 Å². The van der Waals surface area contributed by atoms with Crippen LogP contribution in [0.1, 0.15) is 27.7 Å². The number of halogens is 1. The molecule has 1 fully saturated rings. The second-order valence-corrected chi connectivity index (χ2v) is 21.0. The summed E-state index contributed by atoms with van der Waals surface area (Å²) in [6, 6.07) is 81.1. The van der Waals surface area contributed by atoms with Gasteiger partial charge in [-0.1, -0.05) is 164 Å². The van der Waals surface area contributed by atoms with Gasteiger partial charge >= 0.3 is 7.12 Å². The van der Waals surface area contributed by atoms with Crippen LogP contribution in [0.5, 0.6) is 0 Å². The molecule has 0 N–H and O–H groups in total. The maximum atomic E-state index is 11.6. The smallest absolute Gasteiger partial charge is 0.399 e. The lowest BCUT2D eigenvalue weighted by Gasteiger charge is -2.32. The summed E-state index contributed by atoms with van der Waals surface area (Å²) in [5, 5.41) is 26.4. The lowest BCUT2D eigenvalue weighted by Crippen LogP contribution is -2.41. The first-order valence-corrected chi connectivity index (χ1v) is 26.4. The molecule has 1 saturated heterocycles. The molecule has 12 heteroatoms. The molecule has 0 aliphatic carbocycles. The van der Waals surface area contributed by atoms with Gasteiger partial charge in [-0.15, -0.1) is 0 Å². The van der Waals surface area contributed by atoms with Gasteiger partial charge in [0.2, 0.25) is 0 Å². The van der Waals surface area contributed by atoms with E-state index in [4.69, 9.17) is 9.31 Å². The molecule has 382 valence electrons. The van der Waals surface area contributed by atoms with Crippen molar-refractivity contribution >= 4 is 83.5 Å². The summed E-state index contributed by atoms with van der Waals surface area (Å²) < 4.78 is 17.8. The van der Waals surface area contributed by atoms with Crippen molar-refractivity contribution in [3.05, 3.63) is 267 Å². The third-order valence-corrected chi connectivity index (χ3v) is 15.4. The highest BCUT2D eigenvalue weighted by Crippen LogP contribution is 2.40. The van der Waals surface area contributed by atoms with Crippen LogP contribution in [0, 0.1) is 20.2 Å². The highest BCUT2D eigenvalue weighted by atomic mass is 79.9. The molecule has 13 rings (SSSR count). The Morgan fingerprint density at radius 2 is 0.821 bits per heavy atom. The van der Waals surface area contributed by atoms with Crippen LogP contribution in [-0.2, 0) is 9.31 Å². The van der Waals surface area contributed by atoms with E-state index in [9.17, 15) is 20.2 Å². The number of nitro benzene ring substituents is 2. The number of fused-ring (bicyclic) bond motifs is 6. The summed E-state index contributed by atoms with van der Waals surface area (Å²) in [6.45, 7) is 8.38. The summed E-state index contributed by atoms with van der Waals surface area (Å²) >= 11 is 3.06. The third-order valence-electron chi connectivity index (χ3n) is 14.8. The first-order valence-electron chi connectivity index (χ1n) is 25.6. The van der Waals surface area contributed by atoms with Crippen LogP contribution in [0.3, 0.4) is 0 Å². The van der Waals surface area contributed by atoms with Gasteiger partial charge in [0.05, 0.1) is 53.2 Å². The highest BCUT2D eigenvalue weighted by molar-refractivity contribution is 9.10. The topological polar surface area (TPSA) is 115 Å². The van der Waals surface area contributed by atoms with Crippen molar-refractivity contribution in [2.45, 2.75) is 38.9 Å². The number of nitro groups is 2. The van der Waals surface area contributed by atoms with Gasteiger partial charge in [-0.2, -0.15) is 0 Å². The first-order chi connectivity index (χ1) is 37.8. The van der Waals surface area contributed by atoms with Gasteiger partial charge in [0.1, 0.15) is 0 Å². The summed E-state index contributed by atoms with van der Waals surface area (Å²) in [5.74, 6) is 0. The van der Waals surface area contributed by atoms with Crippen molar-refractivity contribution in [3.63, 3.8) is 0 Å². The fourth-order valence-electron chi connectivity index (χ4n) is 10.2. The molecule has 10 nitrogen and oxygen atoms in total. The highest BCUT2D eigenvalue weighted by Gasteiger charge is 2.51. The zero-order valence-corrected chi connectivity index (χ0v) is 44.9. The van der Waals surface area contributed by atoms with Gasteiger partial charge < -0.3 is 18.4 Å². The lowest BCUT2D eigenvalue weighted by molar-refractivity contribution is -0.385. The molecule has 0 spiro atoms. The Kier molecular flexibility index (Phi) is 13.9. The van der Waals surface area contributed by atoms with Crippen LogP contribution in [0.25, 0.3) is 88.4 Å². The minimum atomic E-state index is -0.427. The Labute approximate surface area is 460 Å². The molecule has 0 atom stereocenters. The second-order valence-electron chi connectivity index (χ2n) is 20.1. The molecule has 0 amide bonds. The number of para-hydroxylation sites is 4. The summed E-state index contributed by atoms with van der Waals surface area (Å²) in [4.78, 5) is 21.1. The van der Waals surface area contributed by atoms with Crippen LogP contribution in [0.15, 0.2) is 247 Å². The maximum absolute atomic E-state index is 11.6. The van der Waals surface area contributed by atoms with Crippen molar-refractivity contribution in [3.8, 4) is 44.8 Å². The number of rotatable bonds is 8. The van der Waals surface area contributed by atoms with Crippen LogP contribution in [-0.4, -0.2) is 37.3 Å². The molecule has 0 bridgehead atoms. The van der Waals surface area contributed by atoms with E-state index in [-0.39, 0.29) is 34.6 Å². The normalized spacial score (nSPS) is 13.5. The van der Waals surface area contributed by atoms with Crippen molar-refractivity contribution in [1.82, 2.24) is 9.13 Å². The quantitative estimate of drug-likeness (QED) is 0.0850. The predicted molar refractivity (Wildman–Crippen MR) is 321 cm³/mol. The van der Waals surface area contributed by atoms with E-state index in [1.165, 1.54) is 44.6 Å². The van der Waals surface area contributed by atoms with E-state index < -0.39 is 4.92 Å². The monoisotopic (exact) mass is 1090 g/mol. The van der Waals surface area contributed by atoms with Crippen LogP contribution in [0.2, 0.25) is 0 Å². The Morgan fingerprint density at radius 1 is 0.397 bits per heavy atom. The molecule has 0 saturated carbocycles. The molecular weight excluding hydrogens is 1040 g/mol. The minimum absolute atomic E-state index is 0.0995. The van der Waals surface area contributed by atoms with E-state index >= 15 is 0 Å². The van der Waals surface area contributed by atoms with E-state index in [2.05, 4.69) is 210 Å². The molecule has 78 heavy (non-hydrogen) atoms. The van der Waals surface area contributed by atoms with Crippen LogP contribution >= 0.6 is 15.9 Å². The number of aromatic nitrogens is 2. The van der Waals surface area contributed by atoms with Gasteiger partial charge in [-0.05, 0) is 144 Å². The molecule has 0 unspecified atom stereocenters. The van der Waals surface area contributed by atoms with E-state index in [0.29, 0.717) is 10.0 Å². The summed E-state index contributed by atoms with van der Waals surface area (Å²) in [7, 11) is -0.377. The zero-order chi connectivity index (χ0) is 54.1. The summed E-state index contributed by atoms with van der Waals surface area (Å²) in [5.41, 5.74) is 13.5. The number of hydrogen-bond acceptors (Lipinski definition) is 6. The largest absolute Gasteiger partial charge is 0.494 e. The van der Waals surface area contributed by atoms with Crippen molar-refractivity contribution in [1.29, 1.82) is 0 Å². The average Bonchev–Trinajstić information content (AvgIpc) is 4.29. The Morgan fingerprint density at radius 3 is 1.33 bits per heavy atom. The van der Waals surface area contributed by atoms with Crippen molar-refractivity contribution in [2.75, 3.05) is 0 Å². The van der Waals surface area contributed by atoms with Gasteiger partial charge in [0, 0.05) is 45.1 Å². The molecular formula is C66H52BBrN4O6. The van der Waals surface area contributed by atoms with Gasteiger partial charge in [0.25, 0.3) is 11.4 Å². The first kappa shape index (κ1) is 51.2. The fourth-order valence-corrected chi connectivity index (χ4v) is 10.6. The Bertz CT molecular complexity index is 4200. The molecule has 12 aromatic rings. The predicted octanol–water partition coefficient (Wildman–Crippen LogP) is 17.1. The second kappa shape index (κ2) is 21.2. The van der Waals surface area contributed by atoms with Gasteiger partial charge in [0.15, 0.2) is 0 Å². The Hall–Kier alpha value is -8.94. The van der Waals surface area contributed by atoms with Crippen LogP contribution < -0.4 is 5.46 Å². The molecule has 1 aliphatic rings. The lowest BCUT2D eigenvalue weighted by atomic mass is 9.78. The number of benzene rings is 10. The zero-order valence-electron chi connectivity index (χ0n) is 43.3. The minimum Gasteiger partial charge on any atom is -0.399 e. The number of nitrogens with zero attached hydrogens (tertiary/aromatic N) is 4. The third kappa shape index (κ3) is 9.89. The molecule has 0 radical (unpaired) electrons. The number of hydrogen-bond donors (Lipinski definition) is 0. The molecule has 1 aliphatic heterocycles. The maximum Gasteiger partial charge on any atom is 0.494 e. The van der Waals surface area contributed by atoms with Crippen molar-refractivity contribution < 1.29 is 19.2 Å². The van der Waals surface area contributed by atoms with Crippen molar-refractivity contribution in [2.24, 2.45) is 0 Å². The van der Waals surface area contributed by atoms with Gasteiger partial charge in [-0.3, -0.25) is 20.2 Å². The van der Waals surface area contributed by atoms with Gasteiger partial charge in [-0.25, -0.2) is 0 Å².